The lowest BCUT2D eigenvalue weighted by molar-refractivity contribution is 0.246. The second-order valence-electron chi connectivity index (χ2n) is 1.80. The van der Waals surface area contributed by atoms with E-state index in [4.69, 9.17) is 9.52 Å². The number of hydrogen-bond donors (Lipinski definition) is 1. The molecule has 0 fully saturated rings. The molecule has 1 aromatic rings. The molecular weight excluding hydrogens is 152 g/mol. The van der Waals surface area contributed by atoms with Gasteiger partial charge in [0.05, 0.1) is 0 Å². The Morgan fingerprint density at radius 3 is 2.50 bits per heavy atom. The van der Waals surface area contributed by atoms with Crippen LogP contribution in [0.3, 0.4) is 0 Å². The molecule has 0 aliphatic heterocycles. The molecule has 0 spiro atoms. The number of aliphatic hydroxyl groups is 1. The quantitative estimate of drug-likeness (QED) is 0.648. The Morgan fingerprint density at radius 2 is 2.08 bits per heavy atom. The fraction of sp³-hybridized carbons (Fsp3) is 0.400. The molecule has 1 heterocycles. The zero-order chi connectivity index (χ0) is 9.40. The van der Waals surface area contributed by atoms with Crippen LogP contribution in [-0.2, 0) is 6.61 Å². The minimum absolute atomic E-state index is 0.0641. The molecular formula is C10H14O2. The summed E-state index contributed by atoms with van der Waals surface area (Å²) in [6, 6.07) is 3.45. The monoisotopic (exact) mass is 166 g/mol. The van der Waals surface area contributed by atoms with Crippen molar-refractivity contribution >= 4 is 0 Å². The van der Waals surface area contributed by atoms with Crippen molar-refractivity contribution in [3.63, 3.8) is 0 Å². The van der Waals surface area contributed by atoms with Crippen LogP contribution in [0.25, 0.3) is 0 Å². The average Bonchev–Trinajstić information content (AvgIpc) is 2.57. The predicted molar refractivity (Wildman–Crippen MR) is 48.5 cm³/mol. The average molecular weight is 166 g/mol. The molecule has 0 amide bonds. The van der Waals surface area contributed by atoms with Crippen LogP contribution in [0.15, 0.2) is 16.5 Å². The third-order valence-corrected chi connectivity index (χ3v) is 1.07. The van der Waals surface area contributed by atoms with Gasteiger partial charge in [-0.3, -0.25) is 0 Å². The van der Waals surface area contributed by atoms with E-state index in [0.717, 1.165) is 0 Å². The number of furan rings is 1. The maximum absolute atomic E-state index is 8.58. The number of hydrogen-bond acceptors (Lipinski definition) is 2. The van der Waals surface area contributed by atoms with E-state index in [1.165, 1.54) is 0 Å². The molecule has 1 rings (SSSR count). The molecule has 0 saturated carbocycles. The summed E-state index contributed by atoms with van der Waals surface area (Å²) >= 11 is 0. The first-order chi connectivity index (χ1) is 5.86. The van der Waals surface area contributed by atoms with Crippen LogP contribution in [-0.4, -0.2) is 5.11 Å². The highest BCUT2D eigenvalue weighted by atomic mass is 16.4. The Hall–Kier alpha value is -1.20. The highest BCUT2D eigenvalue weighted by Gasteiger charge is 1.95. The number of aliphatic hydroxyl groups excluding tert-OH is 1. The zero-order valence-corrected chi connectivity index (χ0v) is 7.72. The standard InChI is InChI=1S/C8H8O2.C2H6/c1-2-3-7-4-5-8(6-9)10-7;1-2/h4-5,9H,6H2,1H3;1-2H3. The smallest absolute Gasteiger partial charge is 0.177 e. The lowest BCUT2D eigenvalue weighted by atomic mass is 10.4. The molecule has 0 radical (unpaired) electrons. The normalized spacial score (nSPS) is 7.67. The Labute approximate surface area is 73.2 Å². The van der Waals surface area contributed by atoms with E-state index in [-0.39, 0.29) is 6.61 Å². The first-order valence-corrected chi connectivity index (χ1v) is 3.99. The van der Waals surface area contributed by atoms with Crippen LogP contribution < -0.4 is 0 Å². The second kappa shape index (κ2) is 6.51. The van der Waals surface area contributed by atoms with Crippen molar-refractivity contribution in [2.45, 2.75) is 27.4 Å². The molecule has 12 heavy (non-hydrogen) atoms. The highest BCUT2D eigenvalue weighted by molar-refractivity contribution is 5.25. The molecule has 66 valence electrons. The summed E-state index contributed by atoms with van der Waals surface area (Å²) in [5.74, 6) is 6.59. The first-order valence-electron chi connectivity index (χ1n) is 3.99. The summed E-state index contributed by atoms with van der Waals surface area (Å²) in [6.45, 7) is 5.67. The summed E-state index contributed by atoms with van der Waals surface area (Å²) in [7, 11) is 0. The van der Waals surface area contributed by atoms with E-state index in [9.17, 15) is 0 Å². The van der Waals surface area contributed by atoms with Crippen LogP contribution in [0.1, 0.15) is 32.3 Å². The highest BCUT2D eigenvalue weighted by Crippen LogP contribution is 2.05. The molecule has 1 N–H and O–H groups in total. The molecule has 2 nitrogen and oxygen atoms in total. The first kappa shape index (κ1) is 10.8. The van der Waals surface area contributed by atoms with Gasteiger partial charge in [-0.2, -0.15) is 0 Å². The number of rotatable bonds is 1. The fourth-order valence-corrected chi connectivity index (χ4v) is 0.653. The van der Waals surface area contributed by atoms with Crippen molar-refractivity contribution < 1.29 is 9.52 Å². The van der Waals surface area contributed by atoms with Crippen molar-refractivity contribution in [3.05, 3.63) is 23.7 Å². The van der Waals surface area contributed by atoms with Gasteiger partial charge in [0.1, 0.15) is 12.4 Å². The van der Waals surface area contributed by atoms with Crippen molar-refractivity contribution in [1.82, 2.24) is 0 Å². The summed E-state index contributed by atoms with van der Waals surface area (Å²) < 4.78 is 5.05. The van der Waals surface area contributed by atoms with Gasteiger partial charge in [-0.05, 0) is 25.0 Å². The van der Waals surface area contributed by atoms with Gasteiger partial charge in [-0.1, -0.05) is 19.8 Å². The van der Waals surface area contributed by atoms with Crippen molar-refractivity contribution in [2.24, 2.45) is 0 Å². The van der Waals surface area contributed by atoms with Crippen LogP contribution in [0.4, 0.5) is 0 Å². The molecule has 2 heteroatoms. The van der Waals surface area contributed by atoms with Gasteiger partial charge in [0.15, 0.2) is 5.76 Å². The summed E-state index contributed by atoms with van der Waals surface area (Å²) in [5.41, 5.74) is 0. The van der Waals surface area contributed by atoms with Crippen molar-refractivity contribution in [3.8, 4) is 11.8 Å². The largest absolute Gasteiger partial charge is 0.450 e. The Morgan fingerprint density at radius 1 is 1.42 bits per heavy atom. The topological polar surface area (TPSA) is 33.4 Å². The van der Waals surface area contributed by atoms with Crippen LogP contribution in [0, 0.1) is 11.8 Å². The lowest BCUT2D eigenvalue weighted by Gasteiger charge is -1.82. The van der Waals surface area contributed by atoms with Gasteiger partial charge in [0.2, 0.25) is 0 Å². The van der Waals surface area contributed by atoms with Gasteiger partial charge in [0.25, 0.3) is 0 Å². The Kier molecular flexibility index (Phi) is 5.86. The van der Waals surface area contributed by atoms with Crippen LogP contribution in [0.2, 0.25) is 0 Å². The molecule has 0 atom stereocenters. The fourth-order valence-electron chi connectivity index (χ4n) is 0.653. The van der Waals surface area contributed by atoms with Gasteiger partial charge in [-0.25, -0.2) is 0 Å². The minimum atomic E-state index is -0.0641. The molecule has 0 saturated heterocycles. The summed E-state index contributed by atoms with van der Waals surface area (Å²) in [6.07, 6.45) is 0. The Balaban J connectivity index is 0.000000561. The van der Waals surface area contributed by atoms with Gasteiger partial charge in [-0.15, -0.1) is 0 Å². The molecule has 0 unspecified atom stereocenters. The predicted octanol–water partition coefficient (Wildman–Crippen LogP) is 2.17. The maximum Gasteiger partial charge on any atom is 0.177 e. The van der Waals surface area contributed by atoms with Crippen molar-refractivity contribution in [1.29, 1.82) is 0 Å². The second-order valence-corrected chi connectivity index (χ2v) is 1.80. The molecule has 1 aromatic heterocycles. The summed E-state index contributed by atoms with van der Waals surface area (Å²) in [4.78, 5) is 0. The van der Waals surface area contributed by atoms with Crippen LogP contribution >= 0.6 is 0 Å². The van der Waals surface area contributed by atoms with Gasteiger partial charge in [0, 0.05) is 0 Å². The van der Waals surface area contributed by atoms with E-state index in [2.05, 4.69) is 11.8 Å². The zero-order valence-electron chi connectivity index (χ0n) is 7.72. The third-order valence-electron chi connectivity index (χ3n) is 1.07. The van der Waals surface area contributed by atoms with Crippen LogP contribution in [0.5, 0.6) is 0 Å². The van der Waals surface area contributed by atoms with E-state index in [0.29, 0.717) is 11.5 Å². The van der Waals surface area contributed by atoms with E-state index >= 15 is 0 Å². The maximum atomic E-state index is 8.58. The Bertz CT molecular complexity index is 263. The molecule has 0 aliphatic rings. The summed E-state index contributed by atoms with van der Waals surface area (Å²) in [5, 5.41) is 8.58. The van der Waals surface area contributed by atoms with E-state index in [1.807, 2.05) is 13.8 Å². The SMILES string of the molecule is CC.CC#Cc1ccc(CO)o1. The lowest BCUT2D eigenvalue weighted by Crippen LogP contribution is -1.73. The van der Waals surface area contributed by atoms with E-state index in [1.54, 1.807) is 19.1 Å². The van der Waals surface area contributed by atoms with Crippen molar-refractivity contribution in [2.75, 3.05) is 0 Å². The van der Waals surface area contributed by atoms with E-state index < -0.39 is 0 Å². The molecule has 0 aliphatic carbocycles. The third kappa shape index (κ3) is 3.27. The minimum Gasteiger partial charge on any atom is -0.450 e. The molecule has 0 bridgehead atoms. The van der Waals surface area contributed by atoms with Gasteiger partial charge < -0.3 is 9.52 Å². The van der Waals surface area contributed by atoms with Gasteiger partial charge >= 0.3 is 0 Å². The molecule has 0 aromatic carbocycles.